The molecule has 5 nitrogen and oxygen atoms in total. The normalized spacial score (nSPS) is 22.6. The quantitative estimate of drug-likeness (QED) is 0.908. The van der Waals surface area contributed by atoms with Gasteiger partial charge in [-0.3, -0.25) is 0 Å². The van der Waals surface area contributed by atoms with Gasteiger partial charge in [0.25, 0.3) is 15.7 Å². The summed E-state index contributed by atoms with van der Waals surface area (Å²) in [5.74, 6) is -0.0226. The van der Waals surface area contributed by atoms with Crippen LogP contribution in [0.2, 0.25) is 0 Å². The molecule has 23 heavy (non-hydrogen) atoms. The summed E-state index contributed by atoms with van der Waals surface area (Å²) >= 11 is 0. The van der Waals surface area contributed by atoms with Gasteiger partial charge in [0.1, 0.15) is 0 Å². The molecule has 1 aliphatic rings. The van der Waals surface area contributed by atoms with Crippen LogP contribution in [0.1, 0.15) is 26.7 Å². The number of benzene rings is 1. The van der Waals surface area contributed by atoms with Gasteiger partial charge < -0.3 is 5.11 Å². The third-order valence-corrected chi connectivity index (χ3v) is 5.07. The van der Waals surface area contributed by atoms with E-state index in [1.54, 1.807) is 13.8 Å². The molecule has 0 radical (unpaired) electrons. The van der Waals surface area contributed by atoms with E-state index in [2.05, 4.69) is 5.10 Å². The van der Waals surface area contributed by atoms with Crippen LogP contribution >= 0.6 is 0 Å². The maximum Gasteiger partial charge on any atom is 0.439 e. The minimum absolute atomic E-state index is 0.000619. The van der Waals surface area contributed by atoms with E-state index in [4.69, 9.17) is 0 Å². The number of aliphatic hydroxyl groups is 1. The van der Waals surface area contributed by atoms with Crippen LogP contribution < -0.4 is 0 Å². The number of hydrogen-bond donors (Lipinski definition) is 1. The van der Waals surface area contributed by atoms with E-state index in [9.17, 15) is 26.7 Å². The fraction of sp³-hybridized carbons (Fsp3) is 0.500. The van der Waals surface area contributed by atoms with Crippen molar-refractivity contribution in [1.82, 2.24) is 4.41 Å². The van der Waals surface area contributed by atoms with Gasteiger partial charge in [0.2, 0.25) is 0 Å². The molecule has 0 amide bonds. The van der Waals surface area contributed by atoms with Crippen molar-refractivity contribution in [3.8, 4) is 0 Å². The first-order chi connectivity index (χ1) is 10.5. The van der Waals surface area contributed by atoms with Crippen LogP contribution in [0.4, 0.5) is 13.2 Å². The molecule has 0 spiro atoms. The van der Waals surface area contributed by atoms with Crippen LogP contribution in [0.25, 0.3) is 0 Å². The Morgan fingerprint density at radius 1 is 1.30 bits per heavy atom. The molecule has 1 unspecified atom stereocenters. The van der Waals surface area contributed by atoms with Gasteiger partial charge in [0.05, 0.1) is 4.90 Å². The van der Waals surface area contributed by atoms with E-state index < -0.39 is 28.3 Å². The lowest BCUT2D eigenvalue weighted by molar-refractivity contribution is -0.291. The van der Waals surface area contributed by atoms with E-state index >= 15 is 0 Å². The standard InChI is InChI=1S/C14H17F3N2O3S/c1-10(2)8-11-9-13(20,14(15,16)17)19(18-11)23(21,22)12-6-4-3-5-7-12/h3-7,10,20H,8-9H2,1-2H3. The fourth-order valence-corrected chi connectivity index (χ4v) is 3.83. The van der Waals surface area contributed by atoms with Crippen molar-refractivity contribution >= 4 is 15.7 Å². The van der Waals surface area contributed by atoms with Gasteiger partial charge >= 0.3 is 6.18 Å². The zero-order chi connectivity index (χ0) is 17.5. The fourth-order valence-electron chi connectivity index (χ4n) is 2.34. The second-order valence-corrected chi connectivity index (χ2v) is 7.58. The van der Waals surface area contributed by atoms with Crippen molar-refractivity contribution < 1.29 is 26.7 Å². The zero-order valence-electron chi connectivity index (χ0n) is 12.6. The largest absolute Gasteiger partial charge is 0.439 e. The maximum absolute atomic E-state index is 13.3. The van der Waals surface area contributed by atoms with Gasteiger partial charge in [0.15, 0.2) is 0 Å². The summed E-state index contributed by atoms with van der Waals surface area (Å²) in [6.07, 6.45) is -5.89. The van der Waals surface area contributed by atoms with Gasteiger partial charge in [-0.05, 0) is 24.5 Å². The molecule has 1 N–H and O–H groups in total. The Kier molecular flexibility index (Phi) is 4.46. The molecule has 0 saturated heterocycles. The second-order valence-electron chi connectivity index (χ2n) is 5.82. The molecular formula is C14H17F3N2O3S. The predicted molar refractivity (Wildman–Crippen MR) is 78.0 cm³/mol. The molecule has 1 heterocycles. The van der Waals surface area contributed by atoms with Crippen LogP contribution in [-0.2, 0) is 10.0 Å². The van der Waals surface area contributed by atoms with Gasteiger partial charge in [0, 0.05) is 12.1 Å². The molecule has 2 rings (SSSR count). The number of sulfonamides is 1. The summed E-state index contributed by atoms with van der Waals surface area (Å²) in [5, 5.41) is 13.7. The Hall–Kier alpha value is -1.61. The smallest absolute Gasteiger partial charge is 0.361 e. The van der Waals surface area contributed by atoms with Gasteiger partial charge in [-0.15, -0.1) is 4.41 Å². The Morgan fingerprint density at radius 3 is 2.35 bits per heavy atom. The third kappa shape index (κ3) is 3.20. The van der Waals surface area contributed by atoms with E-state index in [0.29, 0.717) is 0 Å². The monoisotopic (exact) mass is 350 g/mol. The lowest BCUT2D eigenvalue weighted by Gasteiger charge is -2.33. The highest BCUT2D eigenvalue weighted by Gasteiger charge is 2.64. The van der Waals surface area contributed by atoms with Gasteiger partial charge in [-0.25, -0.2) is 0 Å². The minimum atomic E-state index is -5.17. The minimum Gasteiger partial charge on any atom is -0.361 e. The van der Waals surface area contributed by atoms with Crippen LogP contribution in [0, 0.1) is 5.92 Å². The Labute approximate surface area is 132 Å². The second kappa shape index (κ2) is 5.79. The van der Waals surface area contributed by atoms with Crippen molar-refractivity contribution in [2.75, 3.05) is 0 Å². The van der Waals surface area contributed by atoms with Crippen LogP contribution in [0.3, 0.4) is 0 Å². The molecule has 9 heteroatoms. The zero-order valence-corrected chi connectivity index (χ0v) is 13.4. The number of rotatable bonds is 4. The predicted octanol–water partition coefficient (Wildman–Crippen LogP) is 2.73. The van der Waals surface area contributed by atoms with Crippen molar-refractivity contribution in [1.29, 1.82) is 0 Å². The summed E-state index contributed by atoms with van der Waals surface area (Å²) in [7, 11) is -4.62. The lowest BCUT2D eigenvalue weighted by atomic mass is 10.00. The van der Waals surface area contributed by atoms with E-state index in [-0.39, 0.29) is 27.4 Å². The van der Waals surface area contributed by atoms with Crippen molar-refractivity contribution in [3.63, 3.8) is 0 Å². The first-order valence-electron chi connectivity index (χ1n) is 6.94. The molecule has 1 aliphatic heterocycles. The maximum atomic E-state index is 13.3. The average molecular weight is 350 g/mol. The molecule has 0 fully saturated rings. The molecule has 1 atom stereocenters. The Morgan fingerprint density at radius 2 is 1.87 bits per heavy atom. The number of nitrogens with zero attached hydrogens (tertiary/aromatic N) is 2. The summed E-state index contributed by atoms with van der Waals surface area (Å²) in [5.41, 5.74) is -3.56. The van der Waals surface area contributed by atoms with Gasteiger partial charge in [-0.2, -0.15) is 26.7 Å². The van der Waals surface area contributed by atoms with Crippen molar-refractivity contribution in [3.05, 3.63) is 30.3 Å². The molecule has 0 aromatic heterocycles. The van der Waals surface area contributed by atoms with Crippen LogP contribution in [0.5, 0.6) is 0 Å². The van der Waals surface area contributed by atoms with E-state index in [0.717, 1.165) is 12.1 Å². The average Bonchev–Trinajstić information content (AvgIpc) is 2.77. The summed E-state index contributed by atoms with van der Waals surface area (Å²) in [4.78, 5) is -0.364. The first-order valence-corrected chi connectivity index (χ1v) is 8.38. The number of hydrogen-bond acceptors (Lipinski definition) is 4. The topological polar surface area (TPSA) is 70.0 Å². The van der Waals surface area contributed by atoms with Crippen molar-refractivity contribution in [2.24, 2.45) is 11.0 Å². The highest BCUT2D eigenvalue weighted by Crippen LogP contribution is 2.43. The van der Waals surface area contributed by atoms with E-state index in [1.165, 1.54) is 18.2 Å². The Bertz CT molecular complexity index is 702. The van der Waals surface area contributed by atoms with Crippen LogP contribution in [-0.4, -0.2) is 35.6 Å². The SMILES string of the molecule is CC(C)CC1=NN(S(=O)(=O)c2ccccc2)C(O)(C(F)(F)F)C1. The molecule has 1 aromatic rings. The summed E-state index contributed by atoms with van der Waals surface area (Å²) in [6, 6.07) is 6.61. The number of alkyl halides is 3. The molecule has 0 saturated carbocycles. The Balaban J connectivity index is 2.52. The molecule has 128 valence electrons. The number of hydrazone groups is 1. The summed E-state index contributed by atoms with van der Waals surface area (Å²) in [6.45, 7) is 3.53. The number of halogens is 3. The highest BCUT2D eigenvalue weighted by molar-refractivity contribution is 7.89. The summed E-state index contributed by atoms with van der Waals surface area (Å²) < 4.78 is 64.7. The van der Waals surface area contributed by atoms with Crippen molar-refractivity contribution in [2.45, 2.75) is 43.5 Å². The lowest BCUT2D eigenvalue weighted by Crippen LogP contribution is -2.56. The van der Waals surface area contributed by atoms with E-state index in [1.807, 2.05) is 0 Å². The molecule has 0 bridgehead atoms. The molecule has 1 aromatic carbocycles. The highest BCUT2D eigenvalue weighted by atomic mass is 32.2. The molecular weight excluding hydrogens is 333 g/mol. The third-order valence-electron chi connectivity index (χ3n) is 3.37. The molecule has 0 aliphatic carbocycles. The first kappa shape index (κ1) is 17.7. The van der Waals surface area contributed by atoms with Crippen LogP contribution in [0.15, 0.2) is 40.3 Å². The van der Waals surface area contributed by atoms with Gasteiger partial charge in [-0.1, -0.05) is 32.0 Å².